The minimum atomic E-state index is -0.209. The van der Waals surface area contributed by atoms with E-state index >= 15 is 0 Å². The zero-order chi connectivity index (χ0) is 19.9. The Morgan fingerprint density at radius 2 is 2.00 bits per heavy atom. The van der Waals surface area contributed by atoms with E-state index in [-0.39, 0.29) is 18.1 Å². The molecule has 0 unspecified atom stereocenters. The van der Waals surface area contributed by atoms with E-state index < -0.39 is 0 Å². The lowest BCUT2D eigenvalue weighted by Crippen LogP contribution is -2.54. The quantitative estimate of drug-likeness (QED) is 0.480. The molecule has 28 heavy (non-hydrogen) atoms. The van der Waals surface area contributed by atoms with Crippen LogP contribution in [0.15, 0.2) is 24.3 Å². The first-order valence-electron chi connectivity index (χ1n) is 10.8. The highest BCUT2D eigenvalue weighted by Gasteiger charge is 2.38. The van der Waals surface area contributed by atoms with Crippen LogP contribution in [0.25, 0.3) is 10.9 Å². The van der Waals surface area contributed by atoms with Crippen LogP contribution in [0.5, 0.6) is 0 Å². The summed E-state index contributed by atoms with van der Waals surface area (Å²) in [5.74, 6) is 2.17. The Labute approximate surface area is 169 Å². The molecule has 150 valence electrons. The highest BCUT2D eigenvalue weighted by molar-refractivity contribution is 5.94. The topological polar surface area (TPSA) is 48.1 Å². The van der Waals surface area contributed by atoms with Gasteiger partial charge in [0.15, 0.2) is 0 Å². The number of aromatic nitrogens is 1. The third-order valence-corrected chi connectivity index (χ3v) is 5.85. The second kappa shape index (κ2) is 9.80. The number of aromatic amines is 1. The Kier molecular flexibility index (Phi) is 7.17. The van der Waals surface area contributed by atoms with Gasteiger partial charge in [-0.05, 0) is 36.9 Å². The molecule has 0 radical (unpaired) electrons. The first-order valence-corrected chi connectivity index (χ1v) is 10.8. The second-order valence-electron chi connectivity index (χ2n) is 7.81. The molecule has 1 aliphatic heterocycles. The number of nitrogens with zero attached hydrogens (tertiary/aromatic N) is 1. The third kappa shape index (κ3) is 4.25. The van der Waals surface area contributed by atoms with Crippen molar-refractivity contribution in [1.82, 2.24) is 15.2 Å². The summed E-state index contributed by atoms with van der Waals surface area (Å²) in [6.07, 6.45) is 14.2. The van der Waals surface area contributed by atoms with Crippen molar-refractivity contribution in [2.45, 2.75) is 77.4 Å². The third-order valence-electron chi connectivity index (χ3n) is 5.85. The van der Waals surface area contributed by atoms with Crippen molar-refractivity contribution < 1.29 is 4.79 Å². The van der Waals surface area contributed by atoms with Crippen molar-refractivity contribution in [1.29, 1.82) is 0 Å². The first-order chi connectivity index (χ1) is 13.7. The molecular weight excluding hydrogens is 346 g/mol. The van der Waals surface area contributed by atoms with Gasteiger partial charge in [0, 0.05) is 23.0 Å². The van der Waals surface area contributed by atoms with E-state index in [2.05, 4.69) is 54.3 Å². The van der Waals surface area contributed by atoms with Crippen molar-refractivity contribution in [3.05, 3.63) is 35.5 Å². The number of H-pyrrole nitrogens is 1. The Balaban J connectivity index is 1.97. The van der Waals surface area contributed by atoms with E-state index in [0.717, 1.165) is 44.2 Å². The average Bonchev–Trinajstić information content (AvgIpc) is 3.09. The molecular formula is C24H33N3O. The Morgan fingerprint density at radius 1 is 1.21 bits per heavy atom. The predicted molar refractivity (Wildman–Crippen MR) is 116 cm³/mol. The van der Waals surface area contributed by atoms with Crippen molar-refractivity contribution in [3.8, 4) is 12.3 Å². The van der Waals surface area contributed by atoms with E-state index in [1.165, 1.54) is 35.9 Å². The number of nitrogens with one attached hydrogen (secondary N) is 2. The van der Waals surface area contributed by atoms with Crippen LogP contribution in [0.1, 0.15) is 76.1 Å². The molecule has 4 heteroatoms. The number of unbranched alkanes of at least 4 members (excludes halogenated alkanes) is 4. The lowest BCUT2D eigenvalue weighted by atomic mass is 9.91. The van der Waals surface area contributed by atoms with Gasteiger partial charge in [-0.1, -0.05) is 64.2 Å². The smallest absolute Gasteiger partial charge is 0.300 e. The van der Waals surface area contributed by atoms with Crippen LogP contribution in [-0.2, 0) is 11.2 Å². The van der Waals surface area contributed by atoms with Crippen LogP contribution in [0.4, 0.5) is 0 Å². The Morgan fingerprint density at radius 3 is 2.75 bits per heavy atom. The number of hydrogen-bond acceptors (Lipinski definition) is 2. The summed E-state index contributed by atoms with van der Waals surface area (Å²) in [6.45, 7) is 5.30. The molecule has 1 aliphatic rings. The summed E-state index contributed by atoms with van der Waals surface area (Å²) >= 11 is 0. The minimum absolute atomic E-state index is 0.00989. The van der Waals surface area contributed by atoms with Crippen LogP contribution < -0.4 is 5.32 Å². The molecule has 2 aromatic rings. The van der Waals surface area contributed by atoms with E-state index in [1.54, 1.807) is 0 Å². The number of hydrogen-bond donors (Lipinski definition) is 2. The largest absolute Gasteiger partial charge is 0.356 e. The fourth-order valence-corrected chi connectivity index (χ4v) is 4.39. The van der Waals surface area contributed by atoms with Crippen molar-refractivity contribution in [2.75, 3.05) is 6.54 Å². The fraction of sp³-hybridized carbons (Fsp3) is 0.542. The lowest BCUT2D eigenvalue weighted by molar-refractivity contribution is -0.132. The molecule has 0 bridgehead atoms. The number of carbonyl (C=O) groups excluding carboxylic acids is 1. The molecule has 2 atom stereocenters. The maximum absolute atomic E-state index is 12.8. The number of carbonyl (C=O) groups is 1. The van der Waals surface area contributed by atoms with Gasteiger partial charge in [0.25, 0.3) is 5.91 Å². The summed E-state index contributed by atoms with van der Waals surface area (Å²) in [6, 6.07) is 8.46. The summed E-state index contributed by atoms with van der Waals surface area (Å²) in [7, 11) is 0. The van der Waals surface area contributed by atoms with E-state index in [4.69, 9.17) is 6.42 Å². The van der Waals surface area contributed by atoms with Crippen LogP contribution in [-0.4, -0.2) is 28.5 Å². The number of rotatable bonds is 9. The SMILES string of the molecule is C#CC(=O)N1[C@@H](NCCCC)Cc2c([nH]c3ccccc23)[C@@H]1CCCCCC. The van der Waals surface area contributed by atoms with Crippen LogP contribution in [0.3, 0.4) is 0 Å². The summed E-state index contributed by atoms with van der Waals surface area (Å²) in [5, 5.41) is 4.88. The number of para-hydroxylation sites is 1. The predicted octanol–water partition coefficient (Wildman–Crippen LogP) is 4.91. The molecule has 2 heterocycles. The van der Waals surface area contributed by atoms with Gasteiger partial charge in [-0.2, -0.15) is 0 Å². The molecule has 0 fully saturated rings. The van der Waals surface area contributed by atoms with Gasteiger partial charge in [0.2, 0.25) is 0 Å². The Hall–Kier alpha value is -2.25. The van der Waals surface area contributed by atoms with Crippen molar-refractivity contribution >= 4 is 16.8 Å². The highest BCUT2D eigenvalue weighted by Crippen LogP contribution is 2.39. The number of amides is 1. The van der Waals surface area contributed by atoms with Gasteiger partial charge in [-0.3, -0.25) is 10.1 Å². The van der Waals surface area contributed by atoms with Gasteiger partial charge in [0.05, 0.1) is 12.2 Å². The van der Waals surface area contributed by atoms with Crippen molar-refractivity contribution in [3.63, 3.8) is 0 Å². The summed E-state index contributed by atoms with van der Waals surface area (Å²) in [4.78, 5) is 18.3. The molecule has 0 saturated heterocycles. The minimum Gasteiger partial charge on any atom is -0.356 e. The van der Waals surface area contributed by atoms with Crippen LogP contribution in [0, 0.1) is 12.3 Å². The molecule has 3 rings (SSSR count). The van der Waals surface area contributed by atoms with E-state index in [9.17, 15) is 4.79 Å². The molecule has 2 N–H and O–H groups in total. The maximum atomic E-state index is 12.8. The van der Waals surface area contributed by atoms with E-state index in [1.807, 2.05) is 4.90 Å². The monoisotopic (exact) mass is 379 g/mol. The normalized spacial score (nSPS) is 18.8. The van der Waals surface area contributed by atoms with Gasteiger partial charge >= 0.3 is 0 Å². The van der Waals surface area contributed by atoms with Gasteiger partial charge < -0.3 is 9.88 Å². The van der Waals surface area contributed by atoms with Gasteiger partial charge in [0.1, 0.15) is 0 Å². The van der Waals surface area contributed by atoms with Crippen molar-refractivity contribution in [2.24, 2.45) is 0 Å². The first kappa shape index (κ1) is 20.5. The fourth-order valence-electron chi connectivity index (χ4n) is 4.39. The molecule has 1 aromatic carbocycles. The number of benzene rings is 1. The summed E-state index contributed by atoms with van der Waals surface area (Å²) in [5.41, 5.74) is 3.66. The van der Waals surface area contributed by atoms with Gasteiger partial charge in [-0.15, -0.1) is 6.42 Å². The second-order valence-corrected chi connectivity index (χ2v) is 7.81. The molecule has 1 amide bonds. The number of terminal acetylenes is 1. The molecule has 1 aromatic heterocycles. The lowest BCUT2D eigenvalue weighted by Gasteiger charge is -2.41. The highest BCUT2D eigenvalue weighted by atomic mass is 16.2. The standard InChI is InChI=1S/C24H33N3O/c1-4-7-9-10-15-21-24-19(18-13-11-12-14-20(18)26-24)17-22(25-16-8-5-2)27(21)23(28)6-3/h3,11-14,21-22,25-26H,4-5,7-10,15-17H2,1-2H3/t21-,22+/m0/s1. The zero-order valence-corrected chi connectivity index (χ0v) is 17.3. The zero-order valence-electron chi connectivity index (χ0n) is 17.3. The molecule has 0 spiro atoms. The molecule has 0 aliphatic carbocycles. The maximum Gasteiger partial charge on any atom is 0.300 e. The number of fused-ring (bicyclic) bond motifs is 3. The summed E-state index contributed by atoms with van der Waals surface area (Å²) < 4.78 is 0. The van der Waals surface area contributed by atoms with E-state index in [0.29, 0.717) is 0 Å². The van der Waals surface area contributed by atoms with Crippen LogP contribution in [0.2, 0.25) is 0 Å². The Bertz CT molecular complexity index is 832. The van der Waals surface area contributed by atoms with Gasteiger partial charge in [-0.25, -0.2) is 0 Å². The molecule has 4 nitrogen and oxygen atoms in total. The molecule has 0 saturated carbocycles. The average molecular weight is 380 g/mol. The van der Waals surface area contributed by atoms with Crippen LogP contribution >= 0.6 is 0 Å².